The van der Waals surface area contributed by atoms with Gasteiger partial charge in [0.15, 0.2) is 11.6 Å². The Labute approximate surface area is 95.9 Å². The van der Waals surface area contributed by atoms with Crippen LogP contribution in [0.15, 0.2) is 42.9 Å². The third-order valence-electron chi connectivity index (χ3n) is 2.70. The second-order valence-electron chi connectivity index (χ2n) is 3.76. The molecule has 3 aromatic rings. The van der Waals surface area contributed by atoms with Crippen LogP contribution in [-0.2, 0) is 0 Å². The number of halogens is 2. The van der Waals surface area contributed by atoms with Gasteiger partial charge >= 0.3 is 0 Å². The third-order valence-corrected chi connectivity index (χ3v) is 2.70. The van der Waals surface area contributed by atoms with E-state index in [0.717, 1.165) is 17.2 Å². The molecule has 0 aliphatic carbocycles. The fraction of sp³-hybridized carbons (Fsp3) is 0. The normalized spacial score (nSPS) is 10.9. The monoisotopic (exact) mass is 230 g/mol. The molecule has 0 unspecified atom stereocenters. The van der Waals surface area contributed by atoms with Gasteiger partial charge in [0, 0.05) is 46.7 Å². The Morgan fingerprint density at radius 1 is 1.12 bits per heavy atom. The first kappa shape index (κ1) is 9.96. The van der Waals surface area contributed by atoms with Gasteiger partial charge in [0.05, 0.1) is 0 Å². The maximum Gasteiger partial charge on any atom is 0.160 e. The van der Waals surface area contributed by atoms with E-state index in [2.05, 4.69) is 9.97 Å². The van der Waals surface area contributed by atoms with Crippen molar-refractivity contribution in [2.24, 2.45) is 0 Å². The highest BCUT2D eigenvalue weighted by Crippen LogP contribution is 2.29. The van der Waals surface area contributed by atoms with E-state index in [1.165, 1.54) is 6.07 Å². The van der Waals surface area contributed by atoms with E-state index in [-0.39, 0.29) is 0 Å². The molecule has 84 valence electrons. The van der Waals surface area contributed by atoms with E-state index in [4.69, 9.17) is 0 Å². The molecular formula is C13H8F2N2. The Balaban J connectivity index is 2.29. The van der Waals surface area contributed by atoms with Gasteiger partial charge in [-0.15, -0.1) is 0 Å². The topological polar surface area (TPSA) is 28.7 Å². The molecule has 1 aromatic carbocycles. The first-order chi connectivity index (χ1) is 8.25. The first-order valence-electron chi connectivity index (χ1n) is 5.12. The smallest absolute Gasteiger partial charge is 0.160 e. The van der Waals surface area contributed by atoms with E-state index in [9.17, 15) is 8.78 Å². The summed E-state index contributed by atoms with van der Waals surface area (Å²) in [6.45, 7) is 0. The van der Waals surface area contributed by atoms with E-state index in [0.29, 0.717) is 10.9 Å². The molecular weight excluding hydrogens is 222 g/mol. The number of pyridine rings is 1. The van der Waals surface area contributed by atoms with E-state index < -0.39 is 11.6 Å². The quantitative estimate of drug-likeness (QED) is 0.680. The standard InChI is InChI=1S/C13H8F2N2/c14-11-4-9-10(8-2-1-3-16-6-8)7-17-13(9)5-12(11)15/h1-7,17H. The molecule has 2 heterocycles. The molecule has 0 saturated heterocycles. The summed E-state index contributed by atoms with van der Waals surface area (Å²) in [6, 6.07) is 6.03. The molecule has 2 aromatic heterocycles. The molecule has 0 aliphatic rings. The minimum atomic E-state index is -0.850. The fourth-order valence-corrected chi connectivity index (χ4v) is 1.88. The van der Waals surface area contributed by atoms with Crippen molar-refractivity contribution in [1.82, 2.24) is 9.97 Å². The number of hydrogen-bond acceptors (Lipinski definition) is 1. The van der Waals surface area contributed by atoms with Crippen LogP contribution in [0.1, 0.15) is 0 Å². The number of aromatic nitrogens is 2. The van der Waals surface area contributed by atoms with Gasteiger partial charge < -0.3 is 4.98 Å². The molecule has 0 bridgehead atoms. The van der Waals surface area contributed by atoms with Crippen molar-refractivity contribution in [3.63, 3.8) is 0 Å². The molecule has 0 radical (unpaired) electrons. The third kappa shape index (κ3) is 1.58. The molecule has 2 nitrogen and oxygen atoms in total. The van der Waals surface area contributed by atoms with Gasteiger partial charge in [-0.05, 0) is 12.1 Å². The van der Waals surface area contributed by atoms with Crippen LogP contribution >= 0.6 is 0 Å². The van der Waals surface area contributed by atoms with E-state index in [1.54, 1.807) is 24.7 Å². The average molecular weight is 230 g/mol. The summed E-state index contributed by atoms with van der Waals surface area (Å²) < 4.78 is 26.3. The predicted octanol–water partition coefficient (Wildman–Crippen LogP) is 3.51. The van der Waals surface area contributed by atoms with Gasteiger partial charge in [0.25, 0.3) is 0 Å². The molecule has 0 atom stereocenters. The summed E-state index contributed by atoms with van der Waals surface area (Å²) in [5.41, 5.74) is 2.25. The molecule has 0 saturated carbocycles. The molecule has 1 N–H and O–H groups in total. The lowest BCUT2D eigenvalue weighted by Crippen LogP contribution is -1.83. The molecule has 0 spiro atoms. The number of hydrogen-bond donors (Lipinski definition) is 1. The highest BCUT2D eigenvalue weighted by atomic mass is 19.2. The van der Waals surface area contributed by atoms with Crippen LogP contribution < -0.4 is 0 Å². The van der Waals surface area contributed by atoms with Gasteiger partial charge in [-0.3, -0.25) is 4.98 Å². The van der Waals surface area contributed by atoms with Crippen LogP contribution in [0.3, 0.4) is 0 Å². The summed E-state index contributed by atoms with van der Waals surface area (Å²) >= 11 is 0. The van der Waals surface area contributed by atoms with Crippen molar-refractivity contribution in [1.29, 1.82) is 0 Å². The summed E-state index contributed by atoms with van der Waals surface area (Å²) in [5.74, 6) is -1.70. The maximum absolute atomic E-state index is 13.2. The average Bonchev–Trinajstić information content (AvgIpc) is 2.74. The lowest BCUT2D eigenvalue weighted by molar-refractivity contribution is 0.511. The number of fused-ring (bicyclic) bond motifs is 1. The number of H-pyrrole nitrogens is 1. The summed E-state index contributed by atoms with van der Waals surface area (Å²) in [6.07, 6.45) is 5.07. The number of nitrogens with one attached hydrogen (secondary N) is 1. The SMILES string of the molecule is Fc1cc2[nH]cc(-c3cccnc3)c2cc1F. The van der Waals surface area contributed by atoms with Gasteiger partial charge in [-0.25, -0.2) is 8.78 Å². The van der Waals surface area contributed by atoms with Crippen molar-refractivity contribution < 1.29 is 8.78 Å². The second-order valence-corrected chi connectivity index (χ2v) is 3.76. The molecule has 0 amide bonds. The second kappa shape index (κ2) is 3.66. The molecule has 0 aliphatic heterocycles. The van der Waals surface area contributed by atoms with Crippen LogP contribution in [0.2, 0.25) is 0 Å². The Morgan fingerprint density at radius 2 is 1.94 bits per heavy atom. The van der Waals surface area contributed by atoms with Crippen LogP contribution in [0, 0.1) is 11.6 Å². The van der Waals surface area contributed by atoms with Gasteiger partial charge in [-0.2, -0.15) is 0 Å². The number of aromatic amines is 1. The zero-order chi connectivity index (χ0) is 11.8. The van der Waals surface area contributed by atoms with E-state index >= 15 is 0 Å². The van der Waals surface area contributed by atoms with Crippen molar-refractivity contribution >= 4 is 10.9 Å². The maximum atomic E-state index is 13.2. The number of benzene rings is 1. The fourth-order valence-electron chi connectivity index (χ4n) is 1.88. The van der Waals surface area contributed by atoms with Crippen LogP contribution in [0.25, 0.3) is 22.0 Å². The van der Waals surface area contributed by atoms with Crippen molar-refractivity contribution in [3.05, 3.63) is 54.5 Å². The number of nitrogens with zero attached hydrogens (tertiary/aromatic N) is 1. The zero-order valence-electron chi connectivity index (χ0n) is 8.74. The summed E-state index contributed by atoms with van der Waals surface area (Å²) in [4.78, 5) is 6.93. The zero-order valence-corrected chi connectivity index (χ0v) is 8.74. The van der Waals surface area contributed by atoms with Gasteiger partial charge in [0.1, 0.15) is 0 Å². The summed E-state index contributed by atoms with van der Waals surface area (Å²) in [7, 11) is 0. The minimum absolute atomic E-state index is 0.572. The van der Waals surface area contributed by atoms with Gasteiger partial charge in [0.2, 0.25) is 0 Å². The predicted molar refractivity (Wildman–Crippen MR) is 61.4 cm³/mol. The Bertz CT molecular complexity index is 674. The summed E-state index contributed by atoms with van der Waals surface area (Å²) in [5, 5.41) is 0.650. The first-order valence-corrected chi connectivity index (χ1v) is 5.12. The van der Waals surface area contributed by atoms with Crippen molar-refractivity contribution in [3.8, 4) is 11.1 Å². The molecule has 17 heavy (non-hydrogen) atoms. The minimum Gasteiger partial charge on any atom is -0.360 e. The van der Waals surface area contributed by atoms with Crippen LogP contribution in [-0.4, -0.2) is 9.97 Å². The lowest BCUT2D eigenvalue weighted by atomic mass is 10.1. The van der Waals surface area contributed by atoms with Crippen molar-refractivity contribution in [2.75, 3.05) is 0 Å². The van der Waals surface area contributed by atoms with Gasteiger partial charge in [-0.1, -0.05) is 6.07 Å². The Morgan fingerprint density at radius 3 is 2.71 bits per heavy atom. The largest absolute Gasteiger partial charge is 0.360 e. The Kier molecular flexibility index (Phi) is 2.14. The molecule has 0 fully saturated rings. The van der Waals surface area contributed by atoms with E-state index in [1.807, 2.05) is 6.07 Å². The highest BCUT2D eigenvalue weighted by Gasteiger charge is 2.10. The molecule has 4 heteroatoms. The van der Waals surface area contributed by atoms with Crippen LogP contribution in [0.4, 0.5) is 8.78 Å². The number of rotatable bonds is 1. The Hall–Kier alpha value is -2.23. The highest BCUT2D eigenvalue weighted by molar-refractivity contribution is 5.95. The molecule has 3 rings (SSSR count). The van der Waals surface area contributed by atoms with Crippen LogP contribution in [0.5, 0.6) is 0 Å². The van der Waals surface area contributed by atoms with Crippen molar-refractivity contribution in [2.45, 2.75) is 0 Å². The lowest BCUT2D eigenvalue weighted by Gasteiger charge is -1.99.